The Bertz CT molecular complexity index is 1010. The van der Waals surface area contributed by atoms with E-state index < -0.39 is 5.97 Å². The van der Waals surface area contributed by atoms with E-state index in [4.69, 9.17) is 21.2 Å². The number of carbonyl (C=O) groups excluding carboxylic acids is 2. The van der Waals surface area contributed by atoms with E-state index in [-0.39, 0.29) is 47.9 Å². The molecule has 0 spiro atoms. The second-order valence-electron chi connectivity index (χ2n) is 8.67. The molecule has 3 rings (SSSR count). The van der Waals surface area contributed by atoms with Crippen LogP contribution in [0.1, 0.15) is 72.9 Å². The molecule has 1 aromatic rings. The molecule has 1 fully saturated rings. The lowest BCUT2D eigenvalue weighted by Crippen LogP contribution is -2.38. The predicted octanol–water partition coefficient (Wildman–Crippen LogP) is 5.51. The van der Waals surface area contributed by atoms with Crippen LogP contribution in [0.15, 0.2) is 42.1 Å². The average molecular weight is 501 g/mol. The Morgan fingerprint density at radius 1 is 1.23 bits per heavy atom. The second kappa shape index (κ2) is 13.7. The lowest BCUT2D eigenvalue weighted by atomic mass is 9.95. The van der Waals surface area contributed by atoms with Gasteiger partial charge in [0.05, 0.1) is 22.9 Å². The highest BCUT2D eigenvalue weighted by molar-refractivity contribution is 6.33. The number of phenols is 1. The summed E-state index contributed by atoms with van der Waals surface area (Å²) in [4.78, 5) is 30.6. The topological polar surface area (TPSA) is 97.2 Å². The Morgan fingerprint density at radius 3 is 2.74 bits per heavy atom. The Labute approximate surface area is 211 Å². The number of hydrogen-bond donors (Lipinski definition) is 2. The first-order chi connectivity index (χ1) is 17.0. The standard InChI is InChI=1S/C27H33ClN2O5/c1-2-19-16-23(31)26(28)22-17-21(30-35-18-24(32)29-20-12-9-7-10-13-20)14-8-5-3-4-6-11-15-34-27(33)25(19)22/h2,4,6,8,14,16,20,31H,1,3,5,7,9-13,15,17-18H2,(H,29,32)/b6-4+,14-8+,30-21-. The van der Waals surface area contributed by atoms with Crippen LogP contribution in [-0.2, 0) is 20.8 Å². The van der Waals surface area contributed by atoms with E-state index in [2.05, 4.69) is 17.1 Å². The van der Waals surface area contributed by atoms with Gasteiger partial charge in [-0.1, -0.05) is 66.9 Å². The highest BCUT2D eigenvalue weighted by Crippen LogP contribution is 2.34. The zero-order valence-corrected chi connectivity index (χ0v) is 20.7. The first-order valence-corrected chi connectivity index (χ1v) is 12.5. The number of carbonyl (C=O) groups is 2. The Morgan fingerprint density at radius 2 is 1.97 bits per heavy atom. The highest BCUT2D eigenvalue weighted by atomic mass is 35.5. The minimum atomic E-state index is -0.557. The summed E-state index contributed by atoms with van der Waals surface area (Å²) >= 11 is 6.43. The van der Waals surface area contributed by atoms with Crippen molar-refractivity contribution in [1.29, 1.82) is 0 Å². The van der Waals surface area contributed by atoms with Crippen LogP contribution in [-0.4, -0.2) is 42.0 Å². The fourth-order valence-electron chi connectivity index (χ4n) is 4.22. The summed E-state index contributed by atoms with van der Waals surface area (Å²) in [5, 5.41) is 17.5. The molecule has 1 amide bonds. The highest BCUT2D eigenvalue weighted by Gasteiger charge is 2.23. The van der Waals surface area contributed by atoms with E-state index in [0.717, 1.165) is 38.5 Å². The zero-order chi connectivity index (χ0) is 25.0. The average Bonchev–Trinajstić information content (AvgIpc) is 2.85. The molecule has 0 radical (unpaired) electrons. The van der Waals surface area contributed by atoms with Gasteiger partial charge in [-0.25, -0.2) is 4.79 Å². The van der Waals surface area contributed by atoms with E-state index in [0.29, 0.717) is 23.3 Å². The lowest BCUT2D eigenvalue weighted by Gasteiger charge is -2.22. The van der Waals surface area contributed by atoms with Gasteiger partial charge >= 0.3 is 5.97 Å². The fraction of sp³-hybridized carbons (Fsp3) is 0.444. The minimum Gasteiger partial charge on any atom is -0.506 e. The molecule has 1 saturated carbocycles. The van der Waals surface area contributed by atoms with Gasteiger partial charge in [-0.15, -0.1) is 0 Å². The number of allylic oxidation sites excluding steroid dienone is 3. The molecule has 188 valence electrons. The molecule has 0 aromatic heterocycles. The number of nitrogens with zero attached hydrogens (tertiary/aromatic N) is 1. The van der Waals surface area contributed by atoms with Gasteiger partial charge in [0, 0.05) is 12.5 Å². The number of esters is 1. The van der Waals surface area contributed by atoms with Gasteiger partial charge in [-0.2, -0.15) is 0 Å². The number of oxime groups is 1. The number of rotatable bonds is 5. The van der Waals surface area contributed by atoms with Crippen molar-refractivity contribution >= 4 is 35.3 Å². The summed E-state index contributed by atoms with van der Waals surface area (Å²) in [5.74, 6) is -0.948. The molecule has 0 atom stereocenters. The molecule has 35 heavy (non-hydrogen) atoms. The number of hydrogen-bond acceptors (Lipinski definition) is 6. The van der Waals surface area contributed by atoms with Crippen molar-refractivity contribution in [2.24, 2.45) is 5.16 Å². The molecular weight excluding hydrogens is 468 g/mol. The monoisotopic (exact) mass is 500 g/mol. The summed E-state index contributed by atoms with van der Waals surface area (Å²) in [6.07, 6.45) is 16.9. The molecule has 0 saturated heterocycles. The zero-order valence-electron chi connectivity index (χ0n) is 19.9. The summed E-state index contributed by atoms with van der Waals surface area (Å²) < 4.78 is 5.45. The van der Waals surface area contributed by atoms with E-state index in [1.807, 2.05) is 18.2 Å². The molecule has 1 aliphatic carbocycles. The smallest absolute Gasteiger partial charge is 0.339 e. The summed E-state index contributed by atoms with van der Waals surface area (Å²) in [7, 11) is 0. The van der Waals surface area contributed by atoms with Crippen LogP contribution < -0.4 is 5.32 Å². The number of cyclic esters (lactones) is 1. The Balaban J connectivity index is 1.84. The molecular formula is C27H33ClN2O5. The SMILES string of the molecule is C=Cc1cc(O)c(Cl)c2c1C(=O)OCC/C=C/CC/C=C/C(=N/OCC(=O)NC1CCCCC1)C2. The number of fused-ring (bicyclic) bond motifs is 1. The van der Waals surface area contributed by atoms with Gasteiger partial charge in [0.2, 0.25) is 0 Å². The molecule has 1 aromatic carbocycles. The van der Waals surface area contributed by atoms with Gasteiger partial charge in [-0.3, -0.25) is 4.79 Å². The molecule has 1 heterocycles. The maximum absolute atomic E-state index is 12.9. The number of halogens is 1. The summed E-state index contributed by atoms with van der Waals surface area (Å²) in [6.45, 7) is 3.76. The summed E-state index contributed by atoms with van der Waals surface area (Å²) in [6, 6.07) is 1.57. The van der Waals surface area contributed by atoms with Gasteiger partial charge in [0.1, 0.15) is 5.75 Å². The Hall–Kier alpha value is -3.06. The van der Waals surface area contributed by atoms with Crippen LogP contribution in [0.3, 0.4) is 0 Å². The molecule has 7 nitrogen and oxygen atoms in total. The number of aromatic hydroxyl groups is 1. The third-order valence-corrected chi connectivity index (χ3v) is 6.42. The number of ether oxygens (including phenoxy) is 1. The van der Waals surface area contributed by atoms with Gasteiger partial charge in [0.25, 0.3) is 5.91 Å². The number of nitrogens with one attached hydrogen (secondary N) is 1. The maximum atomic E-state index is 12.9. The molecule has 0 unspecified atom stereocenters. The second-order valence-corrected chi connectivity index (χ2v) is 9.05. The van der Waals surface area contributed by atoms with E-state index in [1.165, 1.54) is 18.6 Å². The number of phenolic OH excluding ortho intramolecular Hbond substituents is 1. The van der Waals surface area contributed by atoms with E-state index in [1.54, 1.807) is 6.08 Å². The molecule has 0 bridgehead atoms. The first kappa shape index (κ1) is 26.5. The van der Waals surface area contributed by atoms with Crippen LogP contribution >= 0.6 is 11.6 Å². The largest absolute Gasteiger partial charge is 0.506 e. The normalized spacial score (nSPS) is 20.7. The van der Waals surface area contributed by atoms with Crippen LogP contribution in [0.5, 0.6) is 5.75 Å². The lowest BCUT2D eigenvalue weighted by molar-refractivity contribution is -0.126. The minimum absolute atomic E-state index is 0.0330. The van der Waals surface area contributed by atoms with Crippen molar-refractivity contribution in [3.05, 3.63) is 58.7 Å². The molecule has 1 aliphatic heterocycles. The maximum Gasteiger partial charge on any atom is 0.339 e. The Kier molecular flexibility index (Phi) is 10.4. The molecule has 8 heteroatoms. The van der Waals surface area contributed by atoms with Gasteiger partial charge in [-0.05, 0) is 55.4 Å². The van der Waals surface area contributed by atoms with Crippen molar-refractivity contribution in [2.75, 3.05) is 13.2 Å². The van der Waals surface area contributed by atoms with E-state index in [9.17, 15) is 14.7 Å². The fourth-order valence-corrected chi connectivity index (χ4v) is 4.44. The van der Waals surface area contributed by atoms with Crippen molar-refractivity contribution < 1.29 is 24.3 Å². The summed E-state index contributed by atoms with van der Waals surface area (Å²) in [5.41, 5.74) is 1.44. The van der Waals surface area contributed by atoms with Crippen molar-refractivity contribution in [1.82, 2.24) is 5.32 Å². The van der Waals surface area contributed by atoms with Crippen LogP contribution in [0.25, 0.3) is 6.08 Å². The van der Waals surface area contributed by atoms with Gasteiger partial charge in [0.15, 0.2) is 6.61 Å². The number of amides is 1. The van der Waals surface area contributed by atoms with Crippen LogP contribution in [0.4, 0.5) is 0 Å². The quantitative estimate of drug-likeness (QED) is 0.316. The van der Waals surface area contributed by atoms with Crippen LogP contribution in [0, 0.1) is 0 Å². The third-order valence-electron chi connectivity index (χ3n) is 6.00. The van der Waals surface area contributed by atoms with Crippen LogP contribution in [0.2, 0.25) is 5.02 Å². The third kappa shape index (κ3) is 7.99. The van der Waals surface area contributed by atoms with Crippen molar-refractivity contribution in [2.45, 2.75) is 63.8 Å². The van der Waals surface area contributed by atoms with Crippen molar-refractivity contribution in [3.8, 4) is 5.75 Å². The number of benzene rings is 1. The predicted molar refractivity (Wildman–Crippen MR) is 138 cm³/mol. The molecule has 2 aliphatic rings. The van der Waals surface area contributed by atoms with Crippen molar-refractivity contribution in [3.63, 3.8) is 0 Å². The molecule has 2 N–H and O–H groups in total. The first-order valence-electron chi connectivity index (χ1n) is 12.1. The van der Waals surface area contributed by atoms with Gasteiger partial charge < -0.3 is 20.0 Å². The van der Waals surface area contributed by atoms with E-state index >= 15 is 0 Å².